The van der Waals surface area contributed by atoms with Crippen molar-refractivity contribution >= 4 is 41.6 Å². The number of rotatable bonds is 5. The Morgan fingerprint density at radius 2 is 2.04 bits per heavy atom. The van der Waals surface area contributed by atoms with Crippen molar-refractivity contribution in [3.8, 4) is 5.75 Å². The van der Waals surface area contributed by atoms with Crippen LogP contribution in [0.1, 0.15) is 33.6 Å². The first-order chi connectivity index (χ1) is 12.8. The van der Waals surface area contributed by atoms with Crippen LogP contribution in [-0.4, -0.2) is 57.4 Å². The van der Waals surface area contributed by atoms with Gasteiger partial charge in [0.2, 0.25) is 0 Å². The molecular formula is C20H33IN4O3. The number of methoxy groups -OCH3 is 1. The van der Waals surface area contributed by atoms with Crippen LogP contribution in [0.3, 0.4) is 0 Å². The summed E-state index contributed by atoms with van der Waals surface area (Å²) in [6, 6.07) is 8.29. The van der Waals surface area contributed by atoms with Crippen LogP contribution in [-0.2, 0) is 9.53 Å². The largest absolute Gasteiger partial charge is 0.495 e. The van der Waals surface area contributed by atoms with Gasteiger partial charge in [0, 0.05) is 26.2 Å². The number of piperidine rings is 1. The van der Waals surface area contributed by atoms with Crippen LogP contribution in [0.25, 0.3) is 0 Å². The van der Waals surface area contributed by atoms with Crippen LogP contribution in [0.2, 0.25) is 0 Å². The molecule has 8 heteroatoms. The van der Waals surface area contributed by atoms with E-state index < -0.39 is 5.60 Å². The van der Waals surface area contributed by atoms with E-state index in [0.29, 0.717) is 5.96 Å². The maximum absolute atomic E-state index is 11.9. The Bertz CT molecular complexity index is 661. The molecule has 1 aliphatic heterocycles. The predicted octanol–water partition coefficient (Wildman–Crippen LogP) is 2.79. The topological polar surface area (TPSA) is 75.2 Å². The summed E-state index contributed by atoms with van der Waals surface area (Å²) in [7, 11) is 3.40. The SMILES string of the molecule is CN=C(NCC(=O)OC(C)(C)C)NC1CCCN(c2ccccc2OC)C1.I. The number of anilines is 1. The third-order valence-electron chi connectivity index (χ3n) is 4.23. The minimum absolute atomic E-state index is 0. The fraction of sp³-hybridized carbons (Fsp3) is 0.600. The first kappa shape index (κ1) is 24.3. The lowest BCUT2D eigenvalue weighted by atomic mass is 10.0. The van der Waals surface area contributed by atoms with Gasteiger partial charge in [-0.3, -0.25) is 9.79 Å². The van der Waals surface area contributed by atoms with Crippen molar-refractivity contribution in [3.05, 3.63) is 24.3 Å². The third kappa shape index (κ3) is 7.73. The van der Waals surface area contributed by atoms with Gasteiger partial charge in [0.25, 0.3) is 0 Å². The molecule has 2 rings (SSSR count). The summed E-state index contributed by atoms with van der Waals surface area (Å²) >= 11 is 0. The number of carbonyl (C=O) groups excluding carboxylic acids is 1. The van der Waals surface area contributed by atoms with Gasteiger partial charge in [-0.1, -0.05) is 12.1 Å². The molecule has 1 fully saturated rings. The normalized spacial score (nSPS) is 17.4. The van der Waals surface area contributed by atoms with Gasteiger partial charge in [-0.25, -0.2) is 0 Å². The minimum atomic E-state index is -0.492. The summed E-state index contributed by atoms with van der Waals surface area (Å²) in [4.78, 5) is 18.4. The van der Waals surface area contributed by atoms with Crippen LogP contribution in [0, 0.1) is 0 Å². The standard InChI is InChI=1S/C20H32N4O3.HI/c1-20(2,3)27-18(25)13-22-19(21-4)23-15-9-8-12-24(14-15)16-10-6-7-11-17(16)26-5;/h6-7,10-11,15H,8-9,12-14H2,1-5H3,(H2,21,22,23);1H. The molecule has 0 amide bonds. The van der Waals surface area contributed by atoms with Gasteiger partial charge in [0.15, 0.2) is 5.96 Å². The highest BCUT2D eigenvalue weighted by atomic mass is 127. The van der Waals surface area contributed by atoms with Gasteiger partial charge < -0.3 is 25.0 Å². The molecule has 1 heterocycles. The van der Waals surface area contributed by atoms with Gasteiger partial charge in [-0.15, -0.1) is 24.0 Å². The van der Waals surface area contributed by atoms with Crippen LogP contribution in [0.4, 0.5) is 5.69 Å². The van der Waals surface area contributed by atoms with Crippen molar-refractivity contribution in [2.45, 2.75) is 45.3 Å². The zero-order chi connectivity index (χ0) is 19.9. The van der Waals surface area contributed by atoms with Gasteiger partial charge in [0.1, 0.15) is 17.9 Å². The number of benzene rings is 1. The molecule has 1 unspecified atom stereocenters. The number of halogens is 1. The average molecular weight is 504 g/mol. The van der Waals surface area contributed by atoms with Crippen LogP contribution in [0.15, 0.2) is 29.3 Å². The second kappa shape index (κ2) is 11.3. The Morgan fingerprint density at radius 1 is 1.32 bits per heavy atom. The van der Waals surface area contributed by atoms with E-state index in [2.05, 4.69) is 26.6 Å². The molecule has 0 aliphatic carbocycles. The van der Waals surface area contributed by atoms with Crippen LogP contribution in [0.5, 0.6) is 5.75 Å². The molecule has 2 N–H and O–H groups in total. The maximum Gasteiger partial charge on any atom is 0.325 e. The number of carbonyl (C=O) groups is 1. The lowest BCUT2D eigenvalue weighted by molar-refractivity contribution is -0.153. The van der Waals surface area contributed by atoms with Crippen molar-refractivity contribution in [1.82, 2.24) is 10.6 Å². The second-order valence-corrected chi connectivity index (χ2v) is 7.61. The zero-order valence-corrected chi connectivity index (χ0v) is 19.8. The zero-order valence-electron chi connectivity index (χ0n) is 17.4. The molecule has 7 nitrogen and oxygen atoms in total. The molecule has 0 bridgehead atoms. The summed E-state index contributed by atoms with van der Waals surface area (Å²) in [5.74, 6) is 1.18. The number of nitrogens with zero attached hydrogens (tertiary/aromatic N) is 2. The molecule has 0 saturated carbocycles. The maximum atomic E-state index is 11.9. The van der Waals surface area contributed by atoms with Gasteiger partial charge in [0.05, 0.1) is 12.8 Å². The molecule has 1 aliphatic rings. The number of nitrogens with one attached hydrogen (secondary N) is 2. The highest BCUT2D eigenvalue weighted by molar-refractivity contribution is 14.0. The number of hydrogen-bond donors (Lipinski definition) is 2. The Balaban J connectivity index is 0.00000392. The van der Waals surface area contributed by atoms with Crippen LogP contribution < -0.4 is 20.3 Å². The Hall–Kier alpha value is -1.71. The van der Waals surface area contributed by atoms with E-state index in [0.717, 1.165) is 37.4 Å². The highest BCUT2D eigenvalue weighted by Gasteiger charge is 2.23. The number of aliphatic imine (C=N–C) groups is 1. The predicted molar refractivity (Wildman–Crippen MR) is 124 cm³/mol. The Kier molecular flexibility index (Phi) is 9.84. The van der Waals surface area contributed by atoms with E-state index in [1.165, 1.54) is 0 Å². The summed E-state index contributed by atoms with van der Waals surface area (Å²) in [6.45, 7) is 7.47. The molecule has 1 aromatic carbocycles. The van der Waals surface area contributed by atoms with Crippen molar-refractivity contribution in [3.63, 3.8) is 0 Å². The first-order valence-corrected chi connectivity index (χ1v) is 9.39. The summed E-state index contributed by atoms with van der Waals surface area (Å²) in [5.41, 5.74) is 0.608. The van der Waals surface area contributed by atoms with E-state index in [1.807, 2.05) is 39.0 Å². The van der Waals surface area contributed by atoms with Crippen molar-refractivity contribution in [2.24, 2.45) is 4.99 Å². The first-order valence-electron chi connectivity index (χ1n) is 9.39. The second-order valence-electron chi connectivity index (χ2n) is 7.61. The van der Waals surface area contributed by atoms with Gasteiger partial charge in [-0.05, 0) is 45.7 Å². The molecular weight excluding hydrogens is 471 g/mol. The lowest BCUT2D eigenvalue weighted by Gasteiger charge is -2.36. The quantitative estimate of drug-likeness (QED) is 0.278. The summed E-state index contributed by atoms with van der Waals surface area (Å²) in [6.07, 6.45) is 2.11. The molecule has 158 valence electrons. The van der Waals surface area contributed by atoms with E-state index in [9.17, 15) is 4.79 Å². The number of esters is 1. The van der Waals surface area contributed by atoms with Crippen LogP contribution >= 0.6 is 24.0 Å². The van der Waals surface area contributed by atoms with Crippen molar-refractivity contribution in [2.75, 3.05) is 38.7 Å². The molecule has 0 radical (unpaired) electrons. The number of hydrogen-bond acceptors (Lipinski definition) is 5. The minimum Gasteiger partial charge on any atom is -0.495 e. The lowest BCUT2D eigenvalue weighted by Crippen LogP contribution is -2.52. The molecule has 28 heavy (non-hydrogen) atoms. The third-order valence-corrected chi connectivity index (χ3v) is 4.23. The molecule has 1 atom stereocenters. The number of para-hydroxylation sites is 2. The van der Waals surface area contributed by atoms with E-state index in [-0.39, 0.29) is 42.5 Å². The fourth-order valence-electron chi connectivity index (χ4n) is 3.13. The smallest absolute Gasteiger partial charge is 0.325 e. The summed E-state index contributed by atoms with van der Waals surface area (Å²) < 4.78 is 10.8. The molecule has 0 aromatic heterocycles. The van der Waals surface area contributed by atoms with E-state index >= 15 is 0 Å². The van der Waals surface area contributed by atoms with Gasteiger partial charge in [-0.2, -0.15) is 0 Å². The number of ether oxygens (including phenoxy) is 2. The number of guanidine groups is 1. The summed E-state index contributed by atoms with van der Waals surface area (Å²) in [5, 5.41) is 6.45. The molecule has 1 aromatic rings. The van der Waals surface area contributed by atoms with Crippen molar-refractivity contribution in [1.29, 1.82) is 0 Å². The van der Waals surface area contributed by atoms with E-state index in [4.69, 9.17) is 9.47 Å². The van der Waals surface area contributed by atoms with E-state index in [1.54, 1.807) is 14.2 Å². The van der Waals surface area contributed by atoms with Gasteiger partial charge >= 0.3 is 5.97 Å². The van der Waals surface area contributed by atoms with Crippen molar-refractivity contribution < 1.29 is 14.3 Å². The molecule has 0 spiro atoms. The Labute approximate surface area is 185 Å². The monoisotopic (exact) mass is 504 g/mol. The molecule has 1 saturated heterocycles. The Morgan fingerprint density at radius 3 is 2.68 bits per heavy atom. The fourth-order valence-corrected chi connectivity index (χ4v) is 3.13. The highest BCUT2D eigenvalue weighted by Crippen LogP contribution is 2.29. The average Bonchev–Trinajstić information content (AvgIpc) is 2.64.